The molecule has 0 saturated heterocycles. The second-order valence-electron chi connectivity index (χ2n) is 6.51. The average molecular weight is 336 g/mol. The number of benzene rings is 2. The van der Waals surface area contributed by atoms with Gasteiger partial charge in [-0.15, -0.1) is 0 Å². The Morgan fingerprint density at radius 3 is 2.76 bits per heavy atom. The Balaban J connectivity index is 1.69. The van der Waals surface area contributed by atoms with Crippen LogP contribution in [0.2, 0.25) is 0 Å². The van der Waals surface area contributed by atoms with Crippen molar-refractivity contribution in [1.29, 1.82) is 0 Å². The molecule has 0 spiro atoms. The molecule has 2 aliphatic rings. The lowest BCUT2D eigenvalue weighted by Crippen LogP contribution is -2.29. The van der Waals surface area contributed by atoms with E-state index < -0.39 is 0 Å². The number of anilines is 1. The minimum absolute atomic E-state index is 0.127. The lowest BCUT2D eigenvalue weighted by Gasteiger charge is -2.37. The Bertz CT molecular complexity index is 829. The smallest absolute Gasteiger partial charge is 0.269 e. The van der Waals surface area contributed by atoms with Gasteiger partial charge in [-0.3, -0.25) is 10.1 Å². The minimum atomic E-state index is -0.359. The first-order chi connectivity index (χ1) is 12.2. The SMILES string of the molecule is CCOc1ccc2c(c1)[C@H]1C=CC[C@@H]1[C@H](c1ccc([N+](=O)[O-])cc1)N2. The van der Waals surface area contributed by atoms with Gasteiger partial charge in [0.15, 0.2) is 0 Å². The van der Waals surface area contributed by atoms with E-state index in [2.05, 4.69) is 29.6 Å². The molecule has 5 heteroatoms. The summed E-state index contributed by atoms with van der Waals surface area (Å²) in [6, 6.07) is 13.2. The van der Waals surface area contributed by atoms with Gasteiger partial charge < -0.3 is 10.1 Å². The number of ether oxygens (including phenoxy) is 1. The summed E-state index contributed by atoms with van der Waals surface area (Å²) in [4.78, 5) is 10.5. The summed E-state index contributed by atoms with van der Waals surface area (Å²) in [5.41, 5.74) is 3.59. The summed E-state index contributed by atoms with van der Waals surface area (Å²) in [6.45, 7) is 2.64. The second-order valence-corrected chi connectivity index (χ2v) is 6.51. The van der Waals surface area contributed by atoms with Crippen LogP contribution in [0.25, 0.3) is 0 Å². The fourth-order valence-electron chi connectivity index (χ4n) is 3.96. The van der Waals surface area contributed by atoms with Gasteiger partial charge in [0.25, 0.3) is 5.69 Å². The molecular formula is C20H20N2O3. The van der Waals surface area contributed by atoms with E-state index in [1.165, 1.54) is 5.56 Å². The van der Waals surface area contributed by atoms with Crippen LogP contribution in [0.5, 0.6) is 5.75 Å². The van der Waals surface area contributed by atoms with E-state index in [9.17, 15) is 10.1 Å². The van der Waals surface area contributed by atoms with Crippen molar-refractivity contribution in [3.05, 3.63) is 75.9 Å². The standard InChI is InChI=1S/C20H20N2O3/c1-2-25-15-10-11-19-18(12-15)16-4-3-5-17(16)20(21-19)13-6-8-14(9-7-13)22(23)24/h3-4,6-12,16-17,20-21H,2,5H2,1H3/t16-,17-,20-/m0/s1. The van der Waals surface area contributed by atoms with Crippen LogP contribution < -0.4 is 10.1 Å². The minimum Gasteiger partial charge on any atom is -0.494 e. The topological polar surface area (TPSA) is 64.4 Å². The molecule has 4 rings (SSSR count). The summed E-state index contributed by atoms with van der Waals surface area (Å²) in [5, 5.41) is 14.5. The zero-order chi connectivity index (χ0) is 17.4. The van der Waals surface area contributed by atoms with Crippen LogP contribution in [0, 0.1) is 16.0 Å². The van der Waals surface area contributed by atoms with Crippen LogP contribution in [-0.2, 0) is 0 Å². The van der Waals surface area contributed by atoms with Crippen LogP contribution in [0.15, 0.2) is 54.6 Å². The van der Waals surface area contributed by atoms with E-state index >= 15 is 0 Å². The van der Waals surface area contributed by atoms with Gasteiger partial charge in [-0.25, -0.2) is 0 Å². The molecule has 0 fully saturated rings. The molecule has 0 aromatic heterocycles. The maximum atomic E-state index is 10.9. The number of fused-ring (bicyclic) bond motifs is 3. The highest BCUT2D eigenvalue weighted by atomic mass is 16.6. The molecule has 0 saturated carbocycles. The fourth-order valence-corrected chi connectivity index (χ4v) is 3.96. The van der Waals surface area contributed by atoms with E-state index in [0.29, 0.717) is 18.4 Å². The normalized spacial score (nSPS) is 23.5. The van der Waals surface area contributed by atoms with Crippen molar-refractivity contribution < 1.29 is 9.66 Å². The number of nitro benzene ring substituents is 1. The van der Waals surface area contributed by atoms with E-state index in [1.54, 1.807) is 12.1 Å². The first-order valence-corrected chi connectivity index (χ1v) is 8.61. The van der Waals surface area contributed by atoms with Gasteiger partial charge in [-0.2, -0.15) is 0 Å². The van der Waals surface area contributed by atoms with Gasteiger partial charge in [-0.05, 0) is 48.6 Å². The largest absolute Gasteiger partial charge is 0.494 e. The molecule has 0 radical (unpaired) electrons. The first-order valence-electron chi connectivity index (χ1n) is 8.61. The molecule has 0 unspecified atom stereocenters. The molecule has 0 bridgehead atoms. The molecule has 1 heterocycles. The predicted molar refractivity (Wildman–Crippen MR) is 97.1 cm³/mol. The Hall–Kier alpha value is -2.82. The van der Waals surface area contributed by atoms with Crippen molar-refractivity contribution in [2.45, 2.75) is 25.3 Å². The Labute approximate surface area is 146 Å². The fraction of sp³-hybridized carbons (Fsp3) is 0.300. The summed E-state index contributed by atoms with van der Waals surface area (Å²) < 4.78 is 5.65. The summed E-state index contributed by atoms with van der Waals surface area (Å²) in [7, 11) is 0. The number of nitrogens with one attached hydrogen (secondary N) is 1. The van der Waals surface area contributed by atoms with Crippen molar-refractivity contribution in [2.24, 2.45) is 5.92 Å². The number of rotatable bonds is 4. The Morgan fingerprint density at radius 1 is 1.24 bits per heavy atom. The predicted octanol–water partition coefficient (Wildman–Crippen LogP) is 4.82. The quantitative estimate of drug-likeness (QED) is 0.494. The maximum absolute atomic E-state index is 10.9. The summed E-state index contributed by atoms with van der Waals surface area (Å²) in [6.07, 6.45) is 5.51. The van der Waals surface area contributed by atoms with Gasteiger partial charge in [0.2, 0.25) is 0 Å². The van der Waals surface area contributed by atoms with Crippen molar-refractivity contribution in [2.75, 3.05) is 11.9 Å². The van der Waals surface area contributed by atoms with E-state index in [1.807, 2.05) is 25.1 Å². The highest BCUT2D eigenvalue weighted by Crippen LogP contribution is 2.50. The van der Waals surface area contributed by atoms with Crippen molar-refractivity contribution >= 4 is 11.4 Å². The van der Waals surface area contributed by atoms with Crippen molar-refractivity contribution in [3.8, 4) is 5.75 Å². The van der Waals surface area contributed by atoms with Gasteiger partial charge in [0.1, 0.15) is 5.75 Å². The highest BCUT2D eigenvalue weighted by Gasteiger charge is 2.38. The van der Waals surface area contributed by atoms with Crippen LogP contribution in [-0.4, -0.2) is 11.5 Å². The second kappa shape index (κ2) is 6.24. The lowest BCUT2D eigenvalue weighted by molar-refractivity contribution is -0.384. The van der Waals surface area contributed by atoms with Crippen LogP contribution in [0.4, 0.5) is 11.4 Å². The number of nitro groups is 1. The summed E-state index contributed by atoms with van der Waals surface area (Å²) in [5.74, 6) is 1.65. The first kappa shape index (κ1) is 15.7. The molecule has 1 N–H and O–H groups in total. The third-order valence-corrected chi connectivity index (χ3v) is 5.11. The zero-order valence-electron chi connectivity index (χ0n) is 14.0. The monoisotopic (exact) mass is 336 g/mol. The summed E-state index contributed by atoms with van der Waals surface area (Å²) >= 11 is 0. The van der Waals surface area contributed by atoms with Crippen molar-refractivity contribution in [3.63, 3.8) is 0 Å². The van der Waals surface area contributed by atoms with Gasteiger partial charge >= 0.3 is 0 Å². The molecule has 0 amide bonds. The lowest BCUT2D eigenvalue weighted by atomic mass is 9.77. The average Bonchev–Trinajstić information content (AvgIpc) is 3.11. The van der Waals surface area contributed by atoms with E-state index in [4.69, 9.17) is 4.74 Å². The van der Waals surface area contributed by atoms with Crippen molar-refractivity contribution in [1.82, 2.24) is 0 Å². The molecule has 128 valence electrons. The van der Waals surface area contributed by atoms with Gasteiger partial charge in [0, 0.05) is 23.7 Å². The zero-order valence-corrected chi connectivity index (χ0v) is 14.0. The van der Waals surface area contributed by atoms with E-state index in [0.717, 1.165) is 23.4 Å². The molecule has 2 aromatic rings. The Morgan fingerprint density at radius 2 is 2.04 bits per heavy atom. The third kappa shape index (κ3) is 2.76. The third-order valence-electron chi connectivity index (χ3n) is 5.11. The molecule has 1 aliphatic heterocycles. The molecule has 3 atom stereocenters. The van der Waals surface area contributed by atoms with Gasteiger partial charge in [-0.1, -0.05) is 24.3 Å². The molecule has 5 nitrogen and oxygen atoms in total. The van der Waals surface area contributed by atoms with Crippen LogP contribution >= 0.6 is 0 Å². The number of hydrogen-bond donors (Lipinski definition) is 1. The van der Waals surface area contributed by atoms with Crippen LogP contribution in [0.1, 0.15) is 36.4 Å². The molecular weight excluding hydrogens is 316 g/mol. The van der Waals surface area contributed by atoms with Gasteiger partial charge in [0.05, 0.1) is 17.6 Å². The Kier molecular flexibility index (Phi) is 3.92. The number of nitrogens with zero attached hydrogens (tertiary/aromatic N) is 1. The highest BCUT2D eigenvalue weighted by molar-refractivity contribution is 5.61. The van der Waals surface area contributed by atoms with Crippen LogP contribution in [0.3, 0.4) is 0 Å². The molecule has 1 aliphatic carbocycles. The molecule has 2 aromatic carbocycles. The number of non-ortho nitro benzene ring substituents is 1. The van der Waals surface area contributed by atoms with E-state index in [-0.39, 0.29) is 16.7 Å². The molecule has 25 heavy (non-hydrogen) atoms. The number of hydrogen-bond acceptors (Lipinski definition) is 4. The number of allylic oxidation sites excluding steroid dienone is 2. The maximum Gasteiger partial charge on any atom is 0.269 e.